The predicted octanol–water partition coefficient (Wildman–Crippen LogP) is 5.37. The van der Waals surface area contributed by atoms with Crippen molar-refractivity contribution >= 4 is 5.69 Å². The molecule has 0 amide bonds. The van der Waals surface area contributed by atoms with Gasteiger partial charge in [0.2, 0.25) is 0 Å². The maximum Gasteiger partial charge on any atom is 0.416 e. The van der Waals surface area contributed by atoms with E-state index in [-0.39, 0.29) is 29.6 Å². The molecule has 3 saturated carbocycles. The summed E-state index contributed by atoms with van der Waals surface area (Å²) in [5.74, 6) is 1.26. The summed E-state index contributed by atoms with van der Waals surface area (Å²) in [7, 11) is 0. The molecule has 6 rings (SSSR count). The van der Waals surface area contributed by atoms with E-state index in [1.54, 1.807) is 0 Å². The molecule has 6 atom stereocenters. The van der Waals surface area contributed by atoms with E-state index in [4.69, 9.17) is 4.74 Å². The summed E-state index contributed by atoms with van der Waals surface area (Å²) >= 11 is 0. The molecule has 1 saturated heterocycles. The van der Waals surface area contributed by atoms with Gasteiger partial charge in [0.15, 0.2) is 0 Å². The number of morpholine rings is 1. The molecular weight excluding hydrogens is 450 g/mol. The third-order valence-corrected chi connectivity index (χ3v) is 8.54. The zero-order valence-corrected chi connectivity index (χ0v) is 17.7. The van der Waals surface area contributed by atoms with Crippen LogP contribution in [-0.2, 0) is 17.1 Å². The first-order chi connectivity index (χ1) is 15.6. The van der Waals surface area contributed by atoms with Crippen molar-refractivity contribution < 1.29 is 31.1 Å². The molecular formula is C22H24F6N4O. The molecule has 3 aliphatic carbocycles. The average Bonchev–Trinajstić information content (AvgIpc) is 3.51. The van der Waals surface area contributed by atoms with Crippen molar-refractivity contribution in [3.8, 4) is 0 Å². The Morgan fingerprint density at radius 1 is 0.879 bits per heavy atom. The van der Waals surface area contributed by atoms with Crippen molar-refractivity contribution in [2.24, 2.45) is 34.0 Å². The van der Waals surface area contributed by atoms with Crippen molar-refractivity contribution in [1.29, 1.82) is 0 Å². The summed E-state index contributed by atoms with van der Waals surface area (Å²) in [4.78, 5) is 2.17. The Morgan fingerprint density at radius 3 is 2.15 bits per heavy atom. The maximum absolute atomic E-state index is 13.6. The van der Waals surface area contributed by atoms with Crippen LogP contribution in [0.1, 0.15) is 36.8 Å². The van der Waals surface area contributed by atoms with Crippen LogP contribution < -0.4 is 5.01 Å². The zero-order chi connectivity index (χ0) is 23.2. The number of benzene rings is 1. The molecule has 0 N–H and O–H groups in total. The summed E-state index contributed by atoms with van der Waals surface area (Å²) in [6, 6.07) is 1.49. The molecule has 6 unspecified atom stereocenters. The molecule has 5 aliphatic rings. The van der Waals surface area contributed by atoms with Crippen molar-refractivity contribution in [2.45, 2.75) is 49.7 Å². The minimum Gasteiger partial charge on any atom is -0.379 e. The molecule has 4 fully saturated rings. The Hall–Kier alpha value is -1.88. The lowest BCUT2D eigenvalue weighted by Gasteiger charge is -2.54. The third kappa shape index (κ3) is 3.00. The number of halogens is 6. The topological polar surface area (TPSA) is 40.4 Å². The van der Waals surface area contributed by atoms with Gasteiger partial charge in [-0.15, -0.1) is 0 Å². The van der Waals surface area contributed by atoms with E-state index in [0.717, 1.165) is 37.8 Å². The van der Waals surface area contributed by atoms with E-state index < -0.39 is 29.1 Å². The third-order valence-electron chi connectivity index (χ3n) is 8.54. The zero-order valence-electron chi connectivity index (χ0n) is 17.7. The van der Waals surface area contributed by atoms with Crippen LogP contribution in [0.4, 0.5) is 32.0 Å². The van der Waals surface area contributed by atoms with Gasteiger partial charge in [0.25, 0.3) is 0 Å². The van der Waals surface area contributed by atoms with E-state index in [1.807, 2.05) is 0 Å². The predicted molar refractivity (Wildman–Crippen MR) is 105 cm³/mol. The molecule has 5 nitrogen and oxygen atoms in total. The monoisotopic (exact) mass is 474 g/mol. The highest BCUT2D eigenvalue weighted by Crippen LogP contribution is 2.67. The van der Waals surface area contributed by atoms with Crippen LogP contribution in [0.5, 0.6) is 0 Å². The first-order valence-electron chi connectivity index (χ1n) is 11.4. The SMILES string of the molecule is FC(F)(F)c1cc(N2N=NC3C4CC(C5CCCC54)C32N2CCOCC2)cc(C(F)(F)F)c1. The summed E-state index contributed by atoms with van der Waals surface area (Å²) in [6.07, 6.45) is -5.69. The molecule has 2 bridgehead atoms. The fourth-order valence-electron chi connectivity index (χ4n) is 7.51. The van der Waals surface area contributed by atoms with Gasteiger partial charge >= 0.3 is 12.4 Å². The molecule has 2 heterocycles. The summed E-state index contributed by atoms with van der Waals surface area (Å²) in [6.45, 7) is 2.02. The normalized spacial score (nSPS) is 38.2. The van der Waals surface area contributed by atoms with Gasteiger partial charge in [0.05, 0.1) is 30.0 Å². The van der Waals surface area contributed by atoms with Crippen molar-refractivity contribution in [1.82, 2.24) is 4.90 Å². The molecule has 11 heteroatoms. The van der Waals surface area contributed by atoms with Crippen LogP contribution in [0.3, 0.4) is 0 Å². The summed E-state index contributed by atoms with van der Waals surface area (Å²) in [5, 5.41) is 10.2. The Kier molecular flexibility index (Phi) is 4.63. The Bertz CT molecular complexity index is 942. The van der Waals surface area contributed by atoms with Crippen LogP contribution >= 0.6 is 0 Å². The highest BCUT2D eigenvalue weighted by atomic mass is 19.4. The number of fused-ring (bicyclic) bond motifs is 8. The van der Waals surface area contributed by atoms with E-state index in [0.29, 0.717) is 38.1 Å². The smallest absolute Gasteiger partial charge is 0.379 e. The van der Waals surface area contributed by atoms with Gasteiger partial charge in [-0.25, -0.2) is 5.01 Å². The molecule has 0 spiro atoms. The fraction of sp³-hybridized carbons (Fsp3) is 0.727. The van der Waals surface area contributed by atoms with Gasteiger partial charge in [-0.1, -0.05) is 11.6 Å². The van der Waals surface area contributed by atoms with Crippen LogP contribution in [0.2, 0.25) is 0 Å². The minimum atomic E-state index is -4.91. The molecule has 33 heavy (non-hydrogen) atoms. The summed E-state index contributed by atoms with van der Waals surface area (Å²) < 4.78 is 87.1. The first-order valence-corrected chi connectivity index (χ1v) is 11.4. The lowest BCUT2D eigenvalue weighted by molar-refractivity contribution is -0.143. The number of anilines is 1. The van der Waals surface area contributed by atoms with Gasteiger partial charge in [-0.05, 0) is 55.2 Å². The second-order valence-electron chi connectivity index (χ2n) is 9.87. The lowest BCUT2D eigenvalue weighted by Crippen LogP contribution is -2.69. The van der Waals surface area contributed by atoms with Gasteiger partial charge < -0.3 is 4.74 Å². The van der Waals surface area contributed by atoms with E-state index in [1.165, 1.54) is 5.01 Å². The second kappa shape index (κ2) is 7.07. The molecule has 180 valence electrons. The molecule has 0 radical (unpaired) electrons. The number of alkyl halides is 6. The van der Waals surface area contributed by atoms with Gasteiger partial charge in [-0.2, -0.15) is 31.5 Å². The van der Waals surface area contributed by atoms with E-state index in [2.05, 4.69) is 15.2 Å². The van der Waals surface area contributed by atoms with Gasteiger partial charge in [0.1, 0.15) is 11.7 Å². The molecule has 1 aromatic rings. The number of ether oxygens (including phenoxy) is 1. The quantitative estimate of drug-likeness (QED) is 0.541. The van der Waals surface area contributed by atoms with Crippen molar-refractivity contribution in [3.05, 3.63) is 29.3 Å². The minimum absolute atomic E-state index is 0.0944. The van der Waals surface area contributed by atoms with Crippen molar-refractivity contribution in [2.75, 3.05) is 31.3 Å². The Morgan fingerprint density at radius 2 is 1.52 bits per heavy atom. The maximum atomic E-state index is 13.6. The van der Waals surface area contributed by atoms with Gasteiger partial charge in [-0.3, -0.25) is 4.90 Å². The van der Waals surface area contributed by atoms with Crippen LogP contribution in [0.15, 0.2) is 28.5 Å². The number of hydrogen-bond donors (Lipinski definition) is 0. The molecule has 1 aromatic carbocycles. The second-order valence-corrected chi connectivity index (χ2v) is 9.87. The van der Waals surface area contributed by atoms with E-state index in [9.17, 15) is 26.3 Å². The highest BCUT2D eigenvalue weighted by molar-refractivity contribution is 5.56. The lowest BCUT2D eigenvalue weighted by atomic mass is 9.71. The van der Waals surface area contributed by atoms with E-state index >= 15 is 0 Å². The Balaban J connectivity index is 1.51. The molecule has 2 aliphatic heterocycles. The highest BCUT2D eigenvalue weighted by Gasteiger charge is 2.73. The largest absolute Gasteiger partial charge is 0.416 e. The summed E-state index contributed by atoms with van der Waals surface area (Å²) in [5.41, 5.74) is -3.69. The van der Waals surface area contributed by atoms with Gasteiger partial charge in [0, 0.05) is 19.0 Å². The van der Waals surface area contributed by atoms with Crippen LogP contribution in [0, 0.1) is 23.7 Å². The standard InChI is InChI=1S/C22H24F6N4O/c23-21(24,25)12-8-13(22(26,27)28)10-14(9-12)32-20(31-4-6-33-7-5-31)18-11-17(19(20)29-30-32)15-2-1-3-16(15)18/h8-10,15-19H,1-7,11H2. The average molecular weight is 474 g/mol. The van der Waals surface area contributed by atoms with Crippen LogP contribution in [-0.4, -0.2) is 42.9 Å². The molecule has 0 aromatic heterocycles. The van der Waals surface area contributed by atoms with Crippen LogP contribution in [0.25, 0.3) is 0 Å². The number of hydrogen-bond acceptors (Lipinski definition) is 5. The van der Waals surface area contributed by atoms with Crippen molar-refractivity contribution in [3.63, 3.8) is 0 Å². The number of rotatable bonds is 2. The Labute approximate surface area is 186 Å². The number of nitrogens with zero attached hydrogens (tertiary/aromatic N) is 4. The first kappa shape index (κ1) is 21.6. The fourth-order valence-corrected chi connectivity index (χ4v) is 7.51.